The molecule has 0 aliphatic heterocycles. The number of amides is 3. The highest BCUT2D eigenvalue weighted by Gasteiger charge is 2.22. The van der Waals surface area contributed by atoms with Gasteiger partial charge in [0.15, 0.2) is 6.10 Å². The Morgan fingerprint density at radius 3 is 2.28 bits per heavy atom. The third-order valence-corrected chi connectivity index (χ3v) is 3.38. The summed E-state index contributed by atoms with van der Waals surface area (Å²) < 4.78 is 4.76. The first-order valence-electron chi connectivity index (χ1n) is 7.73. The first-order valence-corrected chi connectivity index (χ1v) is 7.73. The van der Waals surface area contributed by atoms with E-state index in [1.54, 1.807) is 55.5 Å². The van der Waals surface area contributed by atoms with Crippen molar-refractivity contribution in [2.24, 2.45) is 5.73 Å². The van der Waals surface area contributed by atoms with Crippen LogP contribution in [-0.2, 0) is 9.53 Å². The van der Waals surface area contributed by atoms with Crippen LogP contribution in [0.4, 0.5) is 16.2 Å². The molecule has 0 heterocycles. The molecular formula is C18H19N3O4. The van der Waals surface area contributed by atoms with Crippen LogP contribution in [0, 0.1) is 0 Å². The summed E-state index contributed by atoms with van der Waals surface area (Å²) in [5, 5.41) is 5.35. The maximum Gasteiger partial charge on any atom is 0.405 e. The van der Waals surface area contributed by atoms with Crippen molar-refractivity contribution < 1.29 is 19.1 Å². The molecule has 130 valence electrons. The number of primary amides is 1. The Morgan fingerprint density at radius 1 is 1.00 bits per heavy atom. The molecule has 0 aromatic heterocycles. The summed E-state index contributed by atoms with van der Waals surface area (Å²) in [6, 6.07) is 15.5. The summed E-state index contributed by atoms with van der Waals surface area (Å²) in [7, 11) is 0. The topological polar surface area (TPSA) is 111 Å². The van der Waals surface area contributed by atoms with Gasteiger partial charge in [-0.2, -0.15) is 0 Å². The second-order valence-electron chi connectivity index (χ2n) is 5.19. The number of nitrogens with one attached hydrogen (secondary N) is 2. The molecule has 2 rings (SSSR count). The van der Waals surface area contributed by atoms with E-state index in [0.717, 1.165) is 0 Å². The van der Waals surface area contributed by atoms with E-state index in [9.17, 15) is 14.4 Å². The molecule has 2 aromatic carbocycles. The minimum Gasteiger partial charge on any atom is -0.436 e. The van der Waals surface area contributed by atoms with Crippen molar-refractivity contribution in [3.63, 3.8) is 0 Å². The number of rotatable bonds is 6. The molecule has 25 heavy (non-hydrogen) atoms. The standard InChI is InChI=1S/C18H19N3O4/c1-2-15(25-18(19)24)17(23)21-14-11-7-6-10-13(14)16(22)20-12-8-4-3-5-9-12/h3-11,15H,2H2,1H3,(H2,19,24)(H,20,22)(H,21,23). The van der Waals surface area contributed by atoms with E-state index >= 15 is 0 Å². The maximum absolute atomic E-state index is 12.5. The lowest BCUT2D eigenvalue weighted by Crippen LogP contribution is -2.34. The lowest BCUT2D eigenvalue weighted by molar-refractivity contribution is -0.124. The zero-order valence-electron chi connectivity index (χ0n) is 13.7. The summed E-state index contributed by atoms with van der Waals surface area (Å²) in [4.78, 5) is 35.6. The van der Waals surface area contributed by atoms with Crippen molar-refractivity contribution in [1.82, 2.24) is 0 Å². The van der Waals surface area contributed by atoms with Gasteiger partial charge in [-0.05, 0) is 30.7 Å². The molecule has 2 aromatic rings. The molecule has 0 radical (unpaired) electrons. The second kappa shape index (κ2) is 8.49. The van der Waals surface area contributed by atoms with Gasteiger partial charge in [0.05, 0.1) is 11.3 Å². The third-order valence-electron chi connectivity index (χ3n) is 3.38. The van der Waals surface area contributed by atoms with Crippen LogP contribution in [0.1, 0.15) is 23.7 Å². The monoisotopic (exact) mass is 341 g/mol. The van der Waals surface area contributed by atoms with Crippen LogP contribution < -0.4 is 16.4 Å². The summed E-state index contributed by atoms with van der Waals surface area (Å²) in [5.74, 6) is -0.924. The van der Waals surface area contributed by atoms with E-state index in [0.29, 0.717) is 11.4 Å². The predicted octanol–water partition coefficient (Wildman–Crippen LogP) is 2.75. The number of benzene rings is 2. The van der Waals surface area contributed by atoms with Gasteiger partial charge in [-0.3, -0.25) is 9.59 Å². The van der Waals surface area contributed by atoms with Crippen LogP contribution in [0.3, 0.4) is 0 Å². The van der Waals surface area contributed by atoms with Crippen molar-refractivity contribution in [3.05, 3.63) is 60.2 Å². The van der Waals surface area contributed by atoms with E-state index in [1.807, 2.05) is 6.07 Å². The molecule has 0 aliphatic rings. The van der Waals surface area contributed by atoms with Gasteiger partial charge >= 0.3 is 6.09 Å². The zero-order chi connectivity index (χ0) is 18.2. The van der Waals surface area contributed by atoms with E-state index in [4.69, 9.17) is 10.5 Å². The zero-order valence-corrected chi connectivity index (χ0v) is 13.7. The molecule has 0 spiro atoms. The number of para-hydroxylation sites is 2. The summed E-state index contributed by atoms with van der Waals surface area (Å²) >= 11 is 0. The molecule has 1 unspecified atom stereocenters. The first kappa shape index (κ1) is 18.0. The molecule has 0 saturated carbocycles. The number of carbonyl (C=O) groups is 3. The van der Waals surface area contributed by atoms with Crippen LogP contribution in [0.25, 0.3) is 0 Å². The fourth-order valence-corrected chi connectivity index (χ4v) is 2.19. The highest BCUT2D eigenvalue weighted by atomic mass is 16.6. The van der Waals surface area contributed by atoms with Crippen molar-refractivity contribution in [2.75, 3.05) is 10.6 Å². The van der Waals surface area contributed by atoms with Crippen LogP contribution in [0.15, 0.2) is 54.6 Å². The summed E-state index contributed by atoms with van der Waals surface area (Å²) in [5.41, 5.74) is 6.19. The smallest absolute Gasteiger partial charge is 0.405 e. The van der Waals surface area contributed by atoms with Gasteiger partial charge in [0.1, 0.15) is 0 Å². The van der Waals surface area contributed by atoms with E-state index in [-0.39, 0.29) is 17.9 Å². The Morgan fingerprint density at radius 2 is 1.64 bits per heavy atom. The Hall–Kier alpha value is -3.35. The second-order valence-corrected chi connectivity index (χ2v) is 5.19. The van der Waals surface area contributed by atoms with Crippen molar-refractivity contribution in [2.45, 2.75) is 19.4 Å². The molecule has 3 amide bonds. The highest BCUT2D eigenvalue weighted by molar-refractivity contribution is 6.10. The minimum absolute atomic E-state index is 0.257. The number of nitrogens with two attached hydrogens (primary N) is 1. The molecule has 0 bridgehead atoms. The SMILES string of the molecule is CCC(OC(N)=O)C(=O)Nc1ccccc1C(=O)Nc1ccccc1. The van der Waals surface area contributed by atoms with Crippen LogP contribution in [-0.4, -0.2) is 24.0 Å². The Kier molecular flexibility index (Phi) is 6.11. The van der Waals surface area contributed by atoms with Crippen LogP contribution in [0.5, 0.6) is 0 Å². The molecule has 0 aliphatic carbocycles. The highest BCUT2D eigenvalue weighted by Crippen LogP contribution is 2.18. The molecule has 0 saturated heterocycles. The Labute approximate surface area is 145 Å². The quantitative estimate of drug-likeness (QED) is 0.750. The van der Waals surface area contributed by atoms with Gasteiger partial charge in [0, 0.05) is 5.69 Å². The van der Waals surface area contributed by atoms with E-state index in [2.05, 4.69) is 10.6 Å². The lowest BCUT2D eigenvalue weighted by Gasteiger charge is -2.16. The number of carbonyl (C=O) groups excluding carboxylic acids is 3. The molecule has 4 N–H and O–H groups in total. The van der Waals surface area contributed by atoms with Crippen molar-refractivity contribution in [3.8, 4) is 0 Å². The average Bonchev–Trinajstić information content (AvgIpc) is 2.60. The molecule has 7 heteroatoms. The maximum atomic E-state index is 12.5. The number of hydrogen-bond acceptors (Lipinski definition) is 4. The van der Waals surface area contributed by atoms with E-state index in [1.165, 1.54) is 0 Å². The number of ether oxygens (including phenoxy) is 1. The Balaban J connectivity index is 2.15. The third kappa shape index (κ3) is 5.07. The fourth-order valence-electron chi connectivity index (χ4n) is 2.19. The van der Waals surface area contributed by atoms with Gasteiger partial charge in [0.2, 0.25) is 0 Å². The van der Waals surface area contributed by atoms with E-state index < -0.39 is 18.1 Å². The van der Waals surface area contributed by atoms with Gasteiger partial charge in [-0.1, -0.05) is 37.3 Å². The fraction of sp³-hybridized carbons (Fsp3) is 0.167. The Bertz CT molecular complexity index is 762. The van der Waals surface area contributed by atoms with Gasteiger partial charge in [-0.25, -0.2) is 4.79 Å². The normalized spacial score (nSPS) is 11.2. The summed E-state index contributed by atoms with van der Waals surface area (Å²) in [6.07, 6.45) is -1.80. The van der Waals surface area contributed by atoms with Crippen LogP contribution >= 0.6 is 0 Å². The van der Waals surface area contributed by atoms with Gasteiger partial charge in [0.25, 0.3) is 11.8 Å². The molecule has 1 atom stereocenters. The molecular weight excluding hydrogens is 322 g/mol. The van der Waals surface area contributed by atoms with Gasteiger partial charge < -0.3 is 21.1 Å². The van der Waals surface area contributed by atoms with Crippen LogP contribution in [0.2, 0.25) is 0 Å². The lowest BCUT2D eigenvalue weighted by atomic mass is 10.1. The average molecular weight is 341 g/mol. The minimum atomic E-state index is -1.03. The predicted molar refractivity (Wildman–Crippen MR) is 94.2 cm³/mol. The summed E-state index contributed by atoms with van der Waals surface area (Å²) in [6.45, 7) is 1.68. The number of hydrogen-bond donors (Lipinski definition) is 3. The van der Waals surface area contributed by atoms with Crippen molar-refractivity contribution >= 4 is 29.3 Å². The molecule has 0 fully saturated rings. The first-order chi connectivity index (χ1) is 12.0. The molecule has 7 nitrogen and oxygen atoms in total. The largest absolute Gasteiger partial charge is 0.436 e. The van der Waals surface area contributed by atoms with Crippen molar-refractivity contribution in [1.29, 1.82) is 0 Å². The number of anilines is 2. The van der Waals surface area contributed by atoms with Gasteiger partial charge in [-0.15, -0.1) is 0 Å².